The average molecular weight is 302 g/mol. The van der Waals surface area contributed by atoms with Crippen molar-refractivity contribution in [3.8, 4) is 6.07 Å². The minimum Gasteiger partial charge on any atom is -0.326 e. The zero-order valence-corrected chi connectivity index (χ0v) is 13.3. The van der Waals surface area contributed by atoms with Crippen LogP contribution in [0.3, 0.4) is 0 Å². The molecule has 21 heavy (non-hydrogen) atoms. The predicted molar refractivity (Wildman–Crippen MR) is 85.2 cm³/mol. The molecule has 0 aliphatic heterocycles. The van der Waals surface area contributed by atoms with Crippen LogP contribution in [0.25, 0.3) is 11.0 Å². The van der Waals surface area contributed by atoms with Crippen molar-refractivity contribution in [2.45, 2.75) is 45.0 Å². The molecule has 1 heterocycles. The first-order chi connectivity index (χ1) is 10.1. The molecule has 0 radical (unpaired) electrons. The lowest BCUT2D eigenvalue weighted by Crippen LogP contribution is -2.15. The fourth-order valence-corrected chi connectivity index (χ4v) is 3.65. The summed E-state index contributed by atoms with van der Waals surface area (Å²) in [7, 11) is 0. The minimum atomic E-state index is -0.152. The third-order valence-electron chi connectivity index (χ3n) is 4.74. The van der Waals surface area contributed by atoms with E-state index in [0.717, 1.165) is 29.3 Å². The van der Waals surface area contributed by atoms with E-state index in [1.807, 2.05) is 25.1 Å². The Balaban J connectivity index is 2.11. The molecule has 0 saturated heterocycles. The van der Waals surface area contributed by atoms with E-state index in [4.69, 9.17) is 11.6 Å². The molecule has 0 bridgehead atoms. The van der Waals surface area contributed by atoms with Crippen molar-refractivity contribution in [3.63, 3.8) is 0 Å². The van der Waals surface area contributed by atoms with Gasteiger partial charge in [-0.15, -0.1) is 11.6 Å². The molecule has 110 valence electrons. The van der Waals surface area contributed by atoms with Gasteiger partial charge in [-0.2, -0.15) is 5.26 Å². The Morgan fingerprint density at radius 2 is 2.29 bits per heavy atom. The minimum absolute atomic E-state index is 0.152. The molecule has 2 aromatic rings. The Hall–Kier alpha value is -1.53. The third-order valence-corrected chi connectivity index (χ3v) is 4.94. The zero-order valence-electron chi connectivity index (χ0n) is 12.5. The summed E-state index contributed by atoms with van der Waals surface area (Å²) in [5.41, 5.74) is 2.45. The van der Waals surface area contributed by atoms with E-state index >= 15 is 0 Å². The van der Waals surface area contributed by atoms with E-state index < -0.39 is 0 Å². The number of rotatable bonds is 3. The normalized spacial score (nSPS) is 23.3. The third kappa shape index (κ3) is 2.53. The molecule has 4 heteroatoms. The Bertz CT molecular complexity index is 696. The molecular formula is C17H20ClN3. The van der Waals surface area contributed by atoms with Crippen LogP contribution < -0.4 is 0 Å². The van der Waals surface area contributed by atoms with Gasteiger partial charge in [0.2, 0.25) is 0 Å². The zero-order chi connectivity index (χ0) is 15.0. The monoisotopic (exact) mass is 301 g/mol. The van der Waals surface area contributed by atoms with Crippen molar-refractivity contribution >= 4 is 22.6 Å². The van der Waals surface area contributed by atoms with Crippen molar-refractivity contribution in [1.29, 1.82) is 5.26 Å². The summed E-state index contributed by atoms with van der Waals surface area (Å²) >= 11 is 6.33. The van der Waals surface area contributed by atoms with Crippen molar-refractivity contribution < 1.29 is 0 Å². The number of alkyl halides is 1. The highest BCUT2D eigenvalue weighted by Gasteiger charge is 2.26. The summed E-state index contributed by atoms with van der Waals surface area (Å²) in [4.78, 5) is 4.66. The van der Waals surface area contributed by atoms with Gasteiger partial charge in [0.25, 0.3) is 0 Å². The van der Waals surface area contributed by atoms with E-state index in [9.17, 15) is 5.26 Å². The number of nitriles is 1. The van der Waals surface area contributed by atoms with Crippen LogP contribution in [0.1, 0.15) is 49.9 Å². The molecule has 0 N–H and O–H groups in total. The molecule has 1 aliphatic rings. The van der Waals surface area contributed by atoms with Crippen LogP contribution in [0.4, 0.5) is 0 Å². The van der Waals surface area contributed by atoms with Crippen molar-refractivity contribution in [2.75, 3.05) is 0 Å². The largest absolute Gasteiger partial charge is 0.326 e. The second-order valence-electron chi connectivity index (χ2n) is 6.15. The number of aromatic nitrogens is 2. The van der Waals surface area contributed by atoms with Crippen molar-refractivity contribution in [1.82, 2.24) is 9.55 Å². The Morgan fingerprint density at radius 3 is 2.90 bits per heavy atom. The lowest BCUT2D eigenvalue weighted by atomic mass is 9.98. The van der Waals surface area contributed by atoms with Gasteiger partial charge >= 0.3 is 0 Å². The first-order valence-electron chi connectivity index (χ1n) is 7.65. The quantitative estimate of drug-likeness (QED) is 0.775. The maximum absolute atomic E-state index is 9.27. The van der Waals surface area contributed by atoms with Crippen LogP contribution in [0.15, 0.2) is 18.2 Å². The van der Waals surface area contributed by atoms with Gasteiger partial charge in [0.1, 0.15) is 17.4 Å². The maximum Gasteiger partial charge on any atom is 0.127 e. The Labute approximate surface area is 130 Å². The second-order valence-corrected chi connectivity index (χ2v) is 6.80. The van der Waals surface area contributed by atoms with Crippen LogP contribution in [-0.4, -0.2) is 9.55 Å². The molecule has 3 unspecified atom stereocenters. The summed E-state index contributed by atoms with van der Waals surface area (Å²) in [6.45, 7) is 5.24. The van der Waals surface area contributed by atoms with Crippen LogP contribution in [0.2, 0.25) is 0 Å². The Morgan fingerprint density at radius 1 is 1.48 bits per heavy atom. The lowest BCUT2D eigenvalue weighted by molar-refractivity contribution is 0.363. The van der Waals surface area contributed by atoms with Crippen LogP contribution in [0, 0.1) is 23.2 Å². The van der Waals surface area contributed by atoms with Crippen LogP contribution in [0.5, 0.6) is 0 Å². The van der Waals surface area contributed by atoms with Gasteiger partial charge in [-0.3, -0.25) is 0 Å². The molecule has 1 aromatic heterocycles. The number of halogens is 1. The fraction of sp³-hybridized carbons (Fsp3) is 0.529. The number of para-hydroxylation sites is 1. The van der Waals surface area contributed by atoms with Crippen molar-refractivity contribution in [3.05, 3.63) is 29.6 Å². The van der Waals surface area contributed by atoms with Gasteiger partial charge in [-0.25, -0.2) is 4.98 Å². The van der Waals surface area contributed by atoms with Gasteiger partial charge in [0.05, 0.1) is 16.5 Å². The molecular weight excluding hydrogens is 282 g/mol. The summed E-state index contributed by atoms with van der Waals surface area (Å²) < 4.78 is 2.24. The van der Waals surface area contributed by atoms with Gasteiger partial charge in [0.15, 0.2) is 0 Å². The summed E-state index contributed by atoms with van der Waals surface area (Å²) in [5.74, 6) is 2.32. The van der Waals surface area contributed by atoms with Gasteiger partial charge in [-0.1, -0.05) is 25.8 Å². The molecule has 1 aliphatic carbocycles. The molecule has 0 spiro atoms. The molecule has 1 aromatic carbocycles. The molecule has 3 rings (SSSR count). The standard InChI is InChI=1S/C17H20ClN3/c1-11-5-3-7-14(11)10-21-15-8-4-6-13(9-19)16(15)20-17(21)12(2)18/h4,6,8,11-12,14H,3,5,7,10H2,1-2H3. The van der Waals surface area contributed by atoms with Gasteiger partial charge in [0, 0.05) is 6.54 Å². The predicted octanol–water partition coefficient (Wildman–Crippen LogP) is 4.64. The smallest absolute Gasteiger partial charge is 0.127 e. The first-order valence-corrected chi connectivity index (χ1v) is 8.08. The summed E-state index contributed by atoms with van der Waals surface area (Å²) in [6.07, 6.45) is 3.90. The molecule has 0 amide bonds. The van der Waals surface area contributed by atoms with E-state index in [2.05, 4.69) is 22.5 Å². The SMILES string of the molecule is CC(Cl)c1nc2c(C#N)cccc2n1CC1CCCC1C. The van der Waals surface area contributed by atoms with Crippen LogP contribution in [-0.2, 0) is 6.54 Å². The number of hydrogen-bond donors (Lipinski definition) is 0. The number of hydrogen-bond acceptors (Lipinski definition) is 2. The van der Waals surface area contributed by atoms with E-state index in [-0.39, 0.29) is 5.38 Å². The fourth-order valence-electron chi connectivity index (χ4n) is 3.48. The highest BCUT2D eigenvalue weighted by molar-refractivity contribution is 6.20. The average Bonchev–Trinajstić information content (AvgIpc) is 3.04. The van der Waals surface area contributed by atoms with E-state index in [1.54, 1.807) is 0 Å². The number of nitrogens with zero attached hydrogens (tertiary/aromatic N) is 3. The maximum atomic E-state index is 9.27. The first kappa shape index (κ1) is 14.4. The van der Waals surface area contributed by atoms with E-state index in [1.165, 1.54) is 19.3 Å². The van der Waals surface area contributed by atoms with Gasteiger partial charge < -0.3 is 4.57 Å². The second kappa shape index (κ2) is 5.69. The molecule has 3 atom stereocenters. The molecule has 3 nitrogen and oxygen atoms in total. The number of benzene rings is 1. The molecule has 1 fully saturated rings. The molecule has 1 saturated carbocycles. The van der Waals surface area contributed by atoms with Crippen LogP contribution >= 0.6 is 11.6 Å². The highest BCUT2D eigenvalue weighted by atomic mass is 35.5. The highest BCUT2D eigenvalue weighted by Crippen LogP contribution is 2.35. The van der Waals surface area contributed by atoms with Gasteiger partial charge in [-0.05, 0) is 37.3 Å². The van der Waals surface area contributed by atoms with Crippen molar-refractivity contribution in [2.24, 2.45) is 11.8 Å². The lowest BCUT2D eigenvalue weighted by Gasteiger charge is -2.19. The topological polar surface area (TPSA) is 41.6 Å². The van der Waals surface area contributed by atoms with E-state index in [0.29, 0.717) is 11.5 Å². The summed E-state index contributed by atoms with van der Waals surface area (Å²) in [5, 5.41) is 9.12. The summed E-state index contributed by atoms with van der Waals surface area (Å²) in [6, 6.07) is 8.03. The number of imidazole rings is 1. The Kier molecular flexibility index (Phi) is 3.91. The number of fused-ring (bicyclic) bond motifs is 1.